The van der Waals surface area contributed by atoms with Gasteiger partial charge < -0.3 is 10.7 Å². The van der Waals surface area contributed by atoms with Gasteiger partial charge in [0.1, 0.15) is 0 Å². The summed E-state index contributed by atoms with van der Waals surface area (Å²) in [7, 11) is 0. The van der Waals surface area contributed by atoms with Gasteiger partial charge in [-0.25, -0.2) is 0 Å². The number of carbonyl (C=O) groups is 1. The van der Waals surface area contributed by atoms with Gasteiger partial charge >= 0.3 is 0 Å². The summed E-state index contributed by atoms with van der Waals surface area (Å²) in [6.07, 6.45) is 0. The van der Waals surface area contributed by atoms with Gasteiger partial charge in [-0.2, -0.15) is 0 Å². The molecule has 0 aliphatic carbocycles. The number of amides is 1. The highest BCUT2D eigenvalue weighted by atomic mass is 16.1. The van der Waals surface area contributed by atoms with Crippen LogP contribution in [0.2, 0.25) is 0 Å². The Bertz CT molecular complexity index is 583. The quantitative estimate of drug-likeness (QED) is 0.573. The molecular formula is C14H16N4O. The van der Waals surface area contributed by atoms with E-state index < -0.39 is 0 Å². The molecular weight excluding hydrogens is 240 g/mol. The van der Waals surface area contributed by atoms with Crippen LogP contribution >= 0.6 is 0 Å². The lowest BCUT2D eigenvalue weighted by atomic mass is 10.1. The molecule has 0 bridgehead atoms. The van der Waals surface area contributed by atoms with Crippen LogP contribution in [-0.2, 0) is 6.54 Å². The van der Waals surface area contributed by atoms with Crippen LogP contribution in [0.3, 0.4) is 0 Å². The molecule has 0 radical (unpaired) electrons. The Morgan fingerprint density at radius 1 is 1.21 bits per heavy atom. The first-order valence-corrected chi connectivity index (χ1v) is 5.97. The van der Waals surface area contributed by atoms with Crippen LogP contribution in [0, 0.1) is 6.92 Å². The number of hydrogen-bond donors (Lipinski definition) is 3. The number of nitrogen functional groups attached to an aromatic ring is 1. The van der Waals surface area contributed by atoms with Crippen molar-refractivity contribution >= 4 is 11.6 Å². The highest BCUT2D eigenvalue weighted by molar-refractivity contribution is 5.99. The second-order valence-electron chi connectivity index (χ2n) is 4.14. The molecule has 0 aliphatic heterocycles. The number of benzene rings is 1. The predicted octanol–water partition coefficient (Wildman–Crippen LogP) is 1.61. The summed E-state index contributed by atoms with van der Waals surface area (Å²) in [4.78, 5) is 16.4. The molecule has 1 aromatic carbocycles. The van der Waals surface area contributed by atoms with Crippen molar-refractivity contribution in [1.82, 2.24) is 10.3 Å². The van der Waals surface area contributed by atoms with E-state index in [-0.39, 0.29) is 5.91 Å². The van der Waals surface area contributed by atoms with Crippen LogP contribution < -0.4 is 16.6 Å². The zero-order valence-corrected chi connectivity index (χ0v) is 10.7. The fraction of sp³-hybridized carbons (Fsp3) is 0.143. The van der Waals surface area contributed by atoms with E-state index in [4.69, 9.17) is 5.84 Å². The molecule has 2 aromatic rings. The van der Waals surface area contributed by atoms with Crippen LogP contribution in [-0.4, -0.2) is 10.9 Å². The summed E-state index contributed by atoms with van der Waals surface area (Å²) in [5.41, 5.74) is 5.37. The van der Waals surface area contributed by atoms with E-state index >= 15 is 0 Å². The van der Waals surface area contributed by atoms with Gasteiger partial charge in [-0.1, -0.05) is 18.2 Å². The number of hydrazine groups is 1. The fourth-order valence-corrected chi connectivity index (χ4v) is 1.77. The molecule has 0 saturated carbocycles. The standard InChI is InChI=1S/C14H16N4O/c1-10-5-4-6-11(17-10)9-16-14(19)12-7-2-3-8-13(12)18-15/h2-8,18H,9,15H2,1H3,(H,16,19). The van der Waals surface area contributed by atoms with Gasteiger partial charge in [0, 0.05) is 5.69 Å². The molecule has 19 heavy (non-hydrogen) atoms. The topological polar surface area (TPSA) is 80.0 Å². The molecule has 5 nitrogen and oxygen atoms in total. The lowest BCUT2D eigenvalue weighted by molar-refractivity contribution is 0.0951. The van der Waals surface area contributed by atoms with Crippen LogP contribution in [0.1, 0.15) is 21.7 Å². The average Bonchev–Trinajstić information content (AvgIpc) is 2.45. The largest absolute Gasteiger partial charge is 0.346 e. The molecule has 0 saturated heterocycles. The third-order valence-electron chi connectivity index (χ3n) is 2.70. The SMILES string of the molecule is Cc1cccc(CNC(=O)c2ccccc2NN)n1. The molecule has 1 heterocycles. The number of nitrogens with one attached hydrogen (secondary N) is 2. The van der Waals surface area contributed by atoms with E-state index in [1.807, 2.05) is 31.2 Å². The Kier molecular flexibility index (Phi) is 4.10. The summed E-state index contributed by atoms with van der Waals surface area (Å²) in [6.45, 7) is 2.30. The highest BCUT2D eigenvalue weighted by Crippen LogP contribution is 2.13. The number of aromatic nitrogens is 1. The maximum Gasteiger partial charge on any atom is 0.253 e. The molecule has 1 aromatic heterocycles. The van der Waals surface area contributed by atoms with Crippen LogP contribution in [0.15, 0.2) is 42.5 Å². The maximum atomic E-state index is 12.0. The van der Waals surface area contributed by atoms with Gasteiger partial charge in [-0.3, -0.25) is 15.6 Å². The Balaban J connectivity index is 2.05. The monoisotopic (exact) mass is 256 g/mol. The molecule has 2 rings (SSSR count). The number of nitrogens with two attached hydrogens (primary N) is 1. The van der Waals surface area contributed by atoms with Gasteiger partial charge in [0.2, 0.25) is 0 Å². The van der Waals surface area contributed by atoms with Crippen molar-refractivity contribution in [1.29, 1.82) is 0 Å². The smallest absolute Gasteiger partial charge is 0.253 e. The van der Waals surface area contributed by atoms with Crippen molar-refractivity contribution in [2.24, 2.45) is 5.84 Å². The summed E-state index contributed by atoms with van der Waals surface area (Å²) in [5, 5.41) is 2.82. The third kappa shape index (κ3) is 3.29. The van der Waals surface area contributed by atoms with Crippen molar-refractivity contribution in [2.75, 3.05) is 5.43 Å². The number of carbonyl (C=O) groups excluding carboxylic acids is 1. The zero-order chi connectivity index (χ0) is 13.7. The minimum absolute atomic E-state index is 0.183. The summed E-state index contributed by atoms with van der Waals surface area (Å²) < 4.78 is 0. The van der Waals surface area contributed by atoms with Crippen LogP contribution in [0.4, 0.5) is 5.69 Å². The van der Waals surface area contributed by atoms with Gasteiger partial charge in [-0.05, 0) is 31.2 Å². The number of nitrogens with zero attached hydrogens (tertiary/aromatic N) is 1. The van der Waals surface area contributed by atoms with Gasteiger partial charge in [-0.15, -0.1) is 0 Å². The molecule has 0 aliphatic rings. The normalized spacial score (nSPS) is 10.0. The van der Waals surface area contributed by atoms with E-state index in [9.17, 15) is 4.79 Å². The summed E-state index contributed by atoms with van der Waals surface area (Å²) >= 11 is 0. The molecule has 98 valence electrons. The first-order valence-electron chi connectivity index (χ1n) is 5.97. The number of aryl methyl sites for hydroxylation is 1. The Labute approximate surface area is 111 Å². The van der Waals surface area contributed by atoms with Gasteiger partial charge in [0.25, 0.3) is 5.91 Å². The van der Waals surface area contributed by atoms with Crippen molar-refractivity contribution in [3.63, 3.8) is 0 Å². The minimum atomic E-state index is -0.183. The number of para-hydroxylation sites is 1. The minimum Gasteiger partial charge on any atom is -0.346 e. The summed E-state index contributed by atoms with van der Waals surface area (Å²) in [5.74, 6) is 5.19. The summed E-state index contributed by atoms with van der Waals surface area (Å²) in [6, 6.07) is 12.8. The zero-order valence-electron chi connectivity index (χ0n) is 10.7. The Hall–Kier alpha value is -2.40. The molecule has 4 N–H and O–H groups in total. The number of rotatable bonds is 4. The van der Waals surface area contributed by atoms with E-state index in [0.717, 1.165) is 11.4 Å². The lowest BCUT2D eigenvalue weighted by Gasteiger charge is -2.09. The molecule has 0 spiro atoms. The fourth-order valence-electron chi connectivity index (χ4n) is 1.77. The molecule has 5 heteroatoms. The Morgan fingerprint density at radius 2 is 2.00 bits per heavy atom. The van der Waals surface area contributed by atoms with E-state index in [1.54, 1.807) is 18.2 Å². The van der Waals surface area contributed by atoms with Crippen molar-refractivity contribution in [3.8, 4) is 0 Å². The van der Waals surface area contributed by atoms with Crippen molar-refractivity contribution in [3.05, 3.63) is 59.4 Å². The second kappa shape index (κ2) is 5.97. The third-order valence-corrected chi connectivity index (χ3v) is 2.70. The molecule has 0 unspecified atom stereocenters. The lowest BCUT2D eigenvalue weighted by Crippen LogP contribution is -2.25. The molecule has 1 amide bonds. The maximum absolute atomic E-state index is 12.0. The first kappa shape index (κ1) is 13.0. The molecule has 0 fully saturated rings. The van der Waals surface area contributed by atoms with Crippen molar-refractivity contribution < 1.29 is 4.79 Å². The number of anilines is 1. The first-order chi connectivity index (χ1) is 9.20. The van der Waals surface area contributed by atoms with Crippen LogP contribution in [0.25, 0.3) is 0 Å². The molecule has 0 atom stereocenters. The van der Waals surface area contributed by atoms with Gasteiger partial charge in [0.05, 0.1) is 23.5 Å². The van der Waals surface area contributed by atoms with E-state index in [1.165, 1.54) is 0 Å². The second-order valence-corrected chi connectivity index (χ2v) is 4.14. The number of pyridine rings is 1. The number of hydrogen-bond acceptors (Lipinski definition) is 4. The average molecular weight is 256 g/mol. The Morgan fingerprint density at radius 3 is 2.74 bits per heavy atom. The van der Waals surface area contributed by atoms with Crippen molar-refractivity contribution in [2.45, 2.75) is 13.5 Å². The van der Waals surface area contributed by atoms with Gasteiger partial charge in [0.15, 0.2) is 0 Å². The van der Waals surface area contributed by atoms with E-state index in [0.29, 0.717) is 17.8 Å². The predicted molar refractivity (Wildman–Crippen MR) is 74.4 cm³/mol. The highest BCUT2D eigenvalue weighted by Gasteiger charge is 2.09. The van der Waals surface area contributed by atoms with Crippen LogP contribution in [0.5, 0.6) is 0 Å². The van der Waals surface area contributed by atoms with E-state index in [2.05, 4.69) is 15.7 Å².